The van der Waals surface area contributed by atoms with Crippen LogP contribution in [0, 0.1) is 45.2 Å². The van der Waals surface area contributed by atoms with Crippen molar-refractivity contribution >= 4 is 12.2 Å². The van der Waals surface area contributed by atoms with Crippen LogP contribution in [0.1, 0.15) is 91.3 Å². The molecular weight excluding hydrogens is 414 g/mol. The van der Waals surface area contributed by atoms with Crippen molar-refractivity contribution in [3.8, 4) is 0 Å². The van der Waals surface area contributed by atoms with E-state index >= 15 is 0 Å². The Balaban J connectivity index is 1.31. The summed E-state index contributed by atoms with van der Waals surface area (Å²) < 4.78 is 2.91. The van der Waals surface area contributed by atoms with Gasteiger partial charge in [-0.25, -0.2) is 0 Å². The Hall–Kier alpha value is -0.940. The molecule has 0 spiro atoms. The fourth-order valence-corrected chi connectivity index (χ4v) is 9.32. The topological polar surface area (TPSA) is 53.8 Å². The maximum Gasteiger partial charge on any atom is 0.195 e. The van der Waals surface area contributed by atoms with E-state index in [4.69, 9.17) is 12.2 Å². The van der Waals surface area contributed by atoms with Crippen LogP contribution in [0.25, 0.3) is 0 Å². The lowest BCUT2D eigenvalue weighted by Crippen LogP contribution is -2.50. The van der Waals surface area contributed by atoms with E-state index in [1.807, 2.05) is 0 Å². The van der Waals surface area contributed by atoms with Gasteiger partial charge in [0.1, 0.15) is 5.82 Å². The molecule has 1 aromatic heterocycles. The number of aromatic nitrogens is 3. The van der Waals surface area contributed by atoms with Gasteiger partial charge in [0.2, 0.25) is 0 Å². The summed E-state index contributed by atoms with van der Waals surface area (Å²) in [5, 5.41) is 17.8. The molecule has 5 heteroatoms. The highest BCUT2D eigenvalue weighted by Gasteiger charge is 2.59. The van der Waals surface area contributed by atoms with Gasteiger partial charge in [0.05, 0.1) is 6.10 Å². The molecule has 178 valence electrons. The number of fused-ring (bicyclic) bond motifs is 5. The number of hydrogen-bond acceptors (Lipinski definition) is 3. The highest BCUT2D eigenvalue weighted by Crippen LogP contribution is 2.67. The van der Waals surface area contributed by atoms with E-state index in [2.05, 4.69) is 48.5 Å². The van der Waals surface area contributed by atoms with Gasteiger partial charge in [-0.3, -0.25) is 5.10 Å². The average molecular weight is 458 g/mol. The van der Waals surface area contributed by atoms with Crippen LogP contribution in [-0.2, 0) is 13.0 Å². The molecule has 1 aromatic rings. The van der Waals surface area contributed by atoms with Crippen molar-refractivity contribution in [2.75, 3.05) is 0 Å². The first-order valence-corrected chi connectivity index (χ1v) is 13.7. The molecule has 1 heterocycles. The Bertz CT molecular complexity index is 934. The van der Waals surface area contributed by atoms with E-state index in [1.165, 1.54) is 44.9 Å². The van der Waals surface area contributed by atoms with Crippen molar-refractivity contribution in [2.45, 2.75) is 105 Å². The molecule has 0 saturated heterocycles. The Morgan fingerprint density at radius 3 is 2.81 bits per heavy atom. The number of allylic oxidation sites excluding steroid dienone is 1. The molecule has 2 N–H and O–H groups in total. The van der Waals surface area contributed by atoms with E-state index in [9.17, 15) is 5.11 Å². The quantitative estimate of drug-likeness (QED) is 0.393. The number of hydrogen-bond donors (Lipinski definition) is 2. The van der Waals surface area contributed by atoms with E-state index in [-0.39, 0.29) is 6.10 Å². The molecule has 0 amide bonds. The Labute approximate surface area is 199 Å². The van der Waals surface area contributed by atoms with Crippen molar-refractivity contribution in [3.05, 3.63) is 22.2 Å². The number of nitrogens with zero attached hydrogens (tertiary/aromatic N) is 2. The zero-order valence-electron chi connectivity index (χ0n) is 20.6. The van der Waals surface area contributed by atoms with E-state index in [1.54, 1.807) is 5.57 Å². The van der Waals surface area contributed by atoms with Crippen LogP contribution in [0.15, 0.2) is 11.6 Å². The number of rotatable bonds is 5. The highest BCUT2D eigenvalue weighted by atomic mass is 32.1. The second-order valence-corrected chi connectivity index (χ2v) is 12.5. The van der Waals surface area contributed by atoms with Crippen molar-refractivity contribution < 1.29 is 5.11 Å². The minimum absolute atomic E-state index is 0.103. The second-order valence-electron chi connectivity index (χ2n) is 12.1. The maximum atomic E-state index is 10.3. The molecule has 0 bridgehead atoms. The van der Waals surface area contributed by atoms with Crippen LogP contribution in [-0.4, -0.2) is 26.0 Å². The minimum Gasteiger partial charge on any atom is -0.393 e. The second kappa shape index (κ2) is 8.37. The lowest BCUT2D eigenvalue weighted by molar-refractivity contribution is -0.0571. The smallest absolute Gasteiger partial charge is 0.195 e. The standard InChI is InChI=1S/C27H43N3OS/c1-5-30-24(28-29-25(30)32)11-6-17(2)21-9-10-22-20-8-7-18-16-19(31)12-14-26(18,3)23(20)13-15-27(21,22)4/h7,17,19-23,31H,5-6,8-16H2,1-4H3,(H,29,32)/t17-,19+,20+,21-,22+,23+,26+,27-/m1/s1. The predicted molar refractivity (Wildman–Crippen MR) is 132 cm³/mol. The first-order chi connectivity index (χ1) is 15.3. The molecule has 4 nitrogen and oxygen atoms in total. The molecule has 0 unspecified atom stereocenters. The molecular formula is C27H43N3OS. The van der Waals surface area contributed by atoms with Crippen LogP contribution in [0.3, 0.4) is 0 Å². The fraction of sp³-hybridized carbons (Fsp3) is 0.852. The Kier molecular flexibility index (Phi) is 5.97. The molecule has 3 saturated carbocycles. The Morgan fingerprint density at radius 1 is 1.22 bits per heavy atom. The first kappa shape index (κ1) is 22.8. The Morgan fingerprint density at radius 2 is 2.03 bits per heavy atom. The van der Waals surface area contributed by atoms with Crippen molar-refractivity contribution in [3.63, 3.8) is 0 Å². The summed E-state index contributed by atoms with van der Waals surface area (Å²) in [6, 6.07) is 0. The molecule has 32 heavy (non-hydrogen) atoms. The largest absolute Gasteiger partial charge is 0.393 e. The van der Waals surface area contributed by atoms with Gasteiger partial charge in [-0.1, -0.05) is 32.4 Å². The normalized spacial score (nSPS) is 42.0. The SMILES string of the molecule is CCn1c(CC[C@@H](C)[C@H]2CC[C@H]3[C@@H]4CC=C5C[C@@H](O)CC[C@]5(C)[C@H]4CC[C@]23C)n[nH]c1=S. The van der Waals surface area contributed by atoms with Gasteiger partial charge in [0, 0.05) is 13.0 Å². The molecule has 0 radical (unpaired) electrons. The van der Waals surface area contributed by atoms with Gasteiger partial charge in [-0.15, -0.1) is 0 Å². The fourth-order valence-electron chi connectivity index (χ4n) is 9.04. The first-order valence-electron chi connectivity index (χ1n) is 13.3. The summed E-state index contributed by atoms with van der Waals surface area (Å²) in [6.07, 6.45) is 14.7. The van der Waals surface area contributed by atoms with Crippen LogP contribution >= 0.6 is 12.2 Å². The number of aryl methyl sites for hydroxylation is 1. The summed E-state index contributed by atoms with van der Waals surface area (Å²) in [6.45, 7) is 10.7. The average Bonchev–Trinajstić information content (AvgIpc) is 3.31. The minimum atomic E-state index is -0.103. The molecule has 5 rings (SSSR count). The van der Waals surface area contributed by atoms with E-state index in [0.717, 1.165) is 66.0 Å². The van der Waals surface area contributed by atoms with Crippen LogP contribution in [0.2, 0.25) is 0 Å². The van der Waals surface area contributed by atoms with E-state index < -0.39 is 0 Å². The van der Waals surface area contributed by atoms with Gasteiger partial charge >= 0.3 is 0 Å². The lowest BCUT2D eigenvalue weighted by Gasteiger charge is -2.58. The van der Waals surface area contributed by atoms with Crippen LogP contribution in [0.4, 0.5) is 0 Å². The summed E-state index contributed by atoms with van der Waals surface area (Å²) in [7, 11) is 0. The zero-order chi connectivity index (χ0) is 22.7. The van der Waals surface area contributed by atoms with Crippen molar-refractivity contribution in [1.82, 2.24) is 14.8 Å². The molecule has 0 aliphatic heterocycles. The molecule has 8 atom stereocenters. The lowest BCUT2D eigenvalue weighted by atomic mass is 9.47. The third kappa shape index (κ3) is 3.48. The number of nitrogens with one attached hydrogen (secondary N) is 1. The van der Waals surface area contributed by atoms with Crippen LogP contribution < -0.4 is 0 Å². The monoisotopic (exact) mass is 457 g/mol. The van der Waals surface area contributed by atoms with Gasteiger partial charge in [0.15, 0.2) is 4.77 Å². The molecule has 4 aliphatic carbocycles. The van der Waals surface area contributed by atoms with E-state index in [0.29, 0.717) is 10.8 Å². The highest BCUT2D eigenvalue weighted by molar-refractivity contribution is 7.71. The summed E-state index contributed by atoms with van der Waals surface area (Å²) in [5.74, 6) is 5.25. The van der Waals surface area contributed by atoms with Crippen molar-refractivity contribution in [1.29, 1.82) is 0 Å². The summed E-state index contributed by atoms with van der Waals surface area (Å²) >= 11 is 5.39. The third-order valence-electron chi connectivity index (χ3n) is 10.8. The molecule has 4 aliphatic rings. The summed E-state index contributed by atoms with van der Waals surface area (Å²) in [5.41, 5.74) is 2.43. The van der Waals surface area contributed by atoms with Gasteiger partial charge in [-0.2, -0.15) is 5.10 Å². The zero-order valence-corrected chi connectivity index (χ0v) is 21.4. The number of aliphatic hydroxyl groups is 1. The van der Waals surface area contributed by atoms with Crippen LogP contribution in [0.5, 0.6) is 0 Å². The maximum absolute atomic E-state index is 10.3. The third-order valence-corrected chi connectivity index (χ3v) is 11.1. The number of aromatic amines is 1. The van der Waals surface area contributed by atoms with Gasteiger partial charge in [0.25, 0.3) is 0 Å². The van der Waals surface area contributed by atoms with Crippen molar-refractivity contribution in [2.24, 2.45) is 40.4 Å². The summed E-state index contributed by atoms with van der Waals surface area (Å²) in [4.78, 5) is 0. The van der Waals surface area contributed by atoms with Gasteiger partial charge < -0.3 is 9.67 Å². The number of aliphatic hydroxyl groups excluding tert-OH is 1. The molecule has 0 aromatic carbocycles. The number of H-pyrrole nitrogens is 1. The predicted octanol–water partition coefficient (Wildman–Crippen LogP) is 6.47. The van der Waals surface area contributed by atoms with Gasteiger partial charge in [-0.05, 0) is 117 Å². The molecule has 3 fully saturated rings.